The number of alkyl halides is 1. The van der Waals surface area contributed by atoms with Crippen molar-refractivity contribution in [1.29, 1.82) is 0 Å². The Morgan fingerprint density at radius 1 is 1.21 bits per heavy atom. The number of ether oxygens (including phenoxy) is 1. The van der Waals surface area contributed by atoms with Crippen LogP contribution in [0.5, 0.6) is 5.75 Å². The molecule has 0 saturated heterocycles. The SMILES string of the molecule is COc1ccc(C(Cl)c2cc(C)ccc2F)cc1Br. The van der Waals surface area contributed by atoms with Gasteiger partial charge in [-0.25, -0.2) is 4.39 Å². The first kappa shape index (κ1) is 14.4. The number of benzene rings is 2. The van der Waals surface area contributed by atoms with E-state index in [1.165, 1.54) is 6.07 Å². The number of aryl methyl sites for hydroxylation is 1. The maximum absolute atomic E-state index is 13.8. The molecule has 1 unspecified atom stereocenters. The van der Waals surface area contributed by atoms with E-state index in [2.05, 4.69) is 15.9 Å². The summed E-state index contributed by atoms with van der Waals surface area (Å²) in [6.45, 7) is 1.91. The van der Waals surface area contributed by atoms with Crippen molar-refractivity contribution in [1.82, 2.24) is 0 Å². The predicted molar refractivity (Wildman–Crippen MR) is 79.5 cm³/mol. The van der Waals surface area contributed by atoms with Crippen molar-refractivity contribution in [3.63, 3.8) is 0 Å². The zero-order valence-corrected chi connectivity index (χ0v) is 12.9. The van der Waals surface area contributed by atoms with Crippen molar-refractivity contribution < 1.29 is 9.13 Å². The molecule has 0 N–H and O–H groups in total. The zero-order chi connectivity index (χ0) is 14.0. The molecule has 0 amide bonds. The highest BCUT2D eigenvalue weighted by Crippen LogP contribution is 2.35. The third-order valence-electron chi connectivity index (χ3n) is 2.89. The second-order valence-corrected chi connectivity index (χ2v) is 5.57. The lowest BCUT2D eigenvalue weighted by molar-refractivity contribution is 0.412. The van der Waals surface area contributed by atoms with E-state index >= 15 is 0 Å². The number of methoxy groups -OCH3 is 1. The van der Waals surface area contributed by atoms with Gasteiger partial charge in [0, 0.05) is 5.56 Å². The number of halogens is 3. The molecule has 100 valence electrons. The summed E-state index contributed by atoms with van der Waals surface area (Å²) in [5.74, 6) is 0.426. The molecule has 0 fully saturated rings. The Balaban J connectivity index is 2.41. The van der Waals surface area contributed by atoms with Crippen LogP contribution in [0.3, 0.4) is 0 Å². The molecule has 0 bridgehead atoms. The van der Waals surface area contributed by atoms with Crippen LogP contribution < -0.4 is 4.74 Å². The molecule has 19 heavy (non-hydrogen) atoms. The molecule has 4 heteroatoms. The highest BCUT2D eigenvalue weighted by Gasteiger charge is 2.16. The van der Waals surface area contributed by atoms with E-state index < -0.39 is 5.38 Å². The fraction of sp³-hybridized carbons (Fsp3) is 0.200. The van der Waals surface area contributed by atoms with Gasteiger partial charge in [0.1, 0.15) is 11.6 Å². The Bertz CT molecular complexity index is 601. The predicted octanol–water partition coefficient (Wildman–Crippen LogP) is 5.23. The van der Waals surface area contributed by atoms with Gasteiger partial charge in [0.25, 0.3) is 0 Å². The molecule has 1 nitrogen and oxygen atoms in total. The Labute approximate surface area is 125 Å². The maximum Gasteiger partial charge on any atom is 0.133 e. The van der Waals surface area contributed by atoms with Crippen molar-refractivity contribution >= 4 is 27.5 Å². The van der Waals surface area contributed by atoms with Gasteiger partial charge in [0.05, 0.1) is 17.0 Å². The van der Waals surface area contributed by atoms with Crippen LogP contribution in [0.2, 0.25) is 0 Å². The van der Waals surface area contributed by atoms with Gasteiger partial charge in [-0.1, -0.05) is 23.8 Å². The molecule has 2 rings (SSSR count). The van der Waals surface area contributed by atoms with Crippen LogP contribution in [-0.4, -0.2) is 7.11 Å². The average molecular weight is 344 g/mol. The molecule has 0 aliphatic carbocycles. The highest BCUT2D eigenvalue weighted by atomic mass is 79.9. The first-order valence-electron chi connectivity index (χ1n) is 5.76. The van der Waals surface area contributed by atoms with E-state index in [1.54, 1.807) is 19.2 Å². The summed E-state index contributed by atoms with van der Waals surface area (Å²) in [6, 6.07) is 10.4. The lowest BCUT2D eigenvalue weighted by Crippen LogP contribution is -1.98. The van der Waals surface area contributed by atoms with Gasteiger partial charge >= 0.3 is 0 Å². The van der Waals surface area contributed by atoms with E-state index in [0.717, 1.165) is 21.3 Å². The Morgan fingerprint density at radius 2 is 1.95 bits per heavy atom. The molecule has 1 atom stereocenters. The molecule has 2 aromatic rings. The van der Waals surface area contributed by atoms with Crippen LogP contribution in [0.4, 0.5) is 4.39 Å². The fourth-order valence-corrected chi connectivity index (χ4v) is 2.74. The quantitative estimate of drug-likeness (QED) is 0.693. The van der Waals surface area contributed by atoms with E-state index in [9.17, 15) is 4.39 Å². The summed E-state index contributed by atoms with van der Waals surface area (Å²) < 4.78 is 19.8. The normalized spacial score (nSPS) is 12.3. The third kappa shape index (κ3) is 3.10. The Kier molecular flexibility index (Phi) is 4.48. The first-order chi connectivity index (χ1) is 9.02. The fourth-order valence-electron chi connectivity index (χ4n) is 1.88. The van der Waals surface area contributed by atoms with Crippen LogP contribution >= 0.6 is 27.5 Å². The van der Waals surface area contributed by atoms with Crippen molar-refractivity contribution in [2.75, 3.05) is 7.11 Å². The summed E-state index contributed by atoms with van der Waals surface area (Å²) in [7, 11) is 1.60. The third-order valence-corrected chi connectivity index (χ3v) is 4.00. The van der Waals surface area contributed by atoms with E-state index in [-0.39, 0.29) is 5.82 Å². The van der Waals surface area contributed by atoms with Gasteiger partial charge in [-0.2, -0.15) is 0 Å². The summed E-state index contributed by atoms with van der Waals surface area (Å²) in [4.78, 5) is 0. The molecule has 0 aliphatic heterocycles. The minimum absolute atomic E-state index is 0.294. The van der Waals surface area contributed by atoms with Crippen molar-refractivity contribution in [2.24, 2.45) is 0 Å². The van der Waals surface area contributed by atoms with Gasteiger partial charge in [0.15, 0.2) is 0 Å². The molecular formula is C15H13BrClFO. The minimum atomic E-state index is -0.526. The number of rotatable bonds is 3. The van der Waals surface area contributed by atoms with Crippen LogP contribution in [0.15, 0.2) is 40.9 Å². The molecule has 0 saturated carbocycles. The largest absolute Gasteiger partial charge is 0.496 e. The number of hydrogen-bond donors (Lipinski definition) is 0. The van der Waals surface area contributed by atoms with E-state index in [4.69, 9.17) is 16.3 Å². The van der Waals surface area contributed by atoms with E-state index in [0.29, 0.717) is 5.56 Å². The lowest BCUT2D eigenvalue weighted by atomic mass is 10.0. The highest BCUT2D eigenvalue weighted by molar-refractivity contribution is 9.10. The van der Waals surface area contributed by atoms with Crippen LogP contribution in [0.25, 0.3) is 0 Å². The summed E-state index contributed by atoms with van der Waals surface area (Å²) in [5.41, 5.74) is 2.28. The topological polar surface area (TPSA) is 9.23 Å². The molecule has 0 heterocycles. The molecule has 0 radical (unpaired) electrons. The van der Waals surface area contributed by atoms with Gasteiger partial charge < -0.3 is 4.74 Å². The number of hydrogen-bond acceptors (Lipinski definition) is 1. The first-order valence-corrected chi connectivity index (χ1v) is 6.99. The molecule has 2 aromatic carbocycles. The van der Waals surface area contributed by atoms with Crippen LogP contribution in [0, 0.1) is 12.7 Å². The second kappa shape index (κ2) is 5.93. The molecule has 0 spiro atoms. The molecular weight excluding hydrogens is 331 g/mol. The lowest BCUT2D eigenvalue weighted by Gasteiger charge is -2.14. The van der Waals surface area contributed by atoms with Crippen LogP contribution in [-0.2, 0) is 0 Å². The van der Waals surface area contributed by atoms with Gasteiger partial charge in [-0.3, -0.25) is 0 Å². The summed E-state index contributed by atoms with van der Waals surface area (Å²) in [5, 5.41) is -0.526. The van der Waals surface area contributed by atoms with Crippen molar-refractivity contribution in [3.8, 4) is 5.75 Å². The Hall–Kier alpha value is -1.06. The standard InChI is InChI=1S/C15H13BrClFO/c1-9-3-5-13(18)11(7-9)15(17)10-4-6-14(19-2)12(16)8-10/h3-8,15H,1-2H3. The van der Waals surface area contributed by atoms with Crippen molar-refractivity contribution in [3.05, 3.63) is 63.4 Å². The molecule has 0 aliphatic rings. The van der Waals surface area contributed by atoms with Gasteiger partial charge in [-0.15, -0.1) is 11.6 Å². The molecule has 0 aromatic heterocycles. The monoisotopic (exact) mass is 342 g/mol. The van der Waals surface area contributed by atoms with E-state index in [1.807, 2.05) is 25.1 Å². The Morgan fingerprint density at radius 3 is 2.58 bits per heavy atom. The maximum atomic E-state index is 13.8. The van der Waals surface area contributed by atoms with Crippen molar-refractivity contribution in [2.45, 2.75) is 12.3 Å². The summed E-state index contributed by atoms with van der Waals surface area (Å²) in [6.07, 6.45) is 0. The van der Waals surface area contributed by atoms with Crippen LogP contribution in [0.1, 0.15) is 22.1 Å². The van der Waals surface area contributed by atoms with Gasteiger partial charge in [0.2, 0.25) is 0 Å². The van der Waals surface area contributed by atoms with Gasteiger partial charge in [-0.05, 0) is 46.6 Å². The summed E-state index contributed by atoms with van der Waals surface area (Å²) >= 11 is 9.78. The minimum Gasteiger partial charge on any atom is -0.496 e. The second-order valence-electron chi connectivity index (χ2n) is 4.28. The average Bonchev–Trinajstić information content (AvgIpc) is 2.40. The zero-order valence-electron chi connectivity index (χ0n) is 10.6. The smallest absolute Gasteiger partial charge is 0.133 e.